The minimum Gasteiger partial charge on any atom is -0.462 e. The van der Waals surface area contributed by atoms with E-state index in [9.17, 15) is 14.4 Å². The van der Waals surface area contributed by atoms with Crippen molar-refractivity contribution in [3.63, 3.8) is 0 Å². The number of carbonyl (C=O) groups excluding carboxylic acids is 3. The van der Waals surface area contributed by atoms with Crippen molar-refractivity contribution in [2.24, 2.45) is 0 Å². The molecular weight excluding hydrogens is 697 g/mol. The van der Waals surface area contributed by atoms with Gasteiger partial charge < -0.3 is 14.2 Å². The Kier molecular flexibility index (Phi) is 31.0. The summed E-state index contributed by atoms with van der Waals surface area (Å²) in [5.74, 6) is -1.14. The van der Waals surface area contributed by atoms with Crippen LogP contribution in [0.5, 0.6) is 0 Å². The molecule has 1 unspecified atom stereocenters. The number of hydrogen-bond donors (Lipinski definition) is 0. The first-order valence-corrected chi connectivity index (χ1v) is 23.5. The van der Waals surface area contributed by atoms with Crippen LogP contribution in [0.15, 0.2) is 42.5 Å². The summed E-state index contributed by atoms with van der Waals surface area (Å²) in [5.41, 5.74) is 0.455. The van der Waals surface area contributed by atoms with Gasteiger partial charge in [0.25, 0.3) is 0 Å². The van der Waals surface area contributed by atoms with Crippen LogP contribution in [-0.4, -0.2) is 37.2 Å². The van der Waals surface area contributed by atoms with Gasteiger partial charge in [0.05, 0.1) is 5.56 Å². The number of carbonyl (C=O) groups is 3. The first-order valence-electron chi connectivity index (χ1n) is 23.5. The summed E-state index contributed by atoms with van der Waals surface area (Å²) in [4.78, 5) is 38.6. The first-order chi connectivity index (χ1) is 27.5. The summed E-state index contributed by atoms with van der Waals surface area (Å²) in [7, 11) is 0. The second kappa shape index (κ2) is 35.3. The maximum absolute atomic E-state index is 13.1. The fourth-order valence-electron chi connectivity index (χ4n) is 7.55. The highest BCUT2D eigenvalue weighted by molar-refractivity contribution is 6.04. The molecule has 56 heavy (non-hydrogen) atoms. The van der Waals surface area contributed by atoms with Crippen LogP contribution < -0.4 is 0 Å². The van der Waals surface area contributed by atoms with Crippen LogP contribution in [0.25, 0.3) is 10.8 Å². The monoisotopic (exact) mass is 779 g/mol. The zero-order chi connectivity index (χ0) is 40.2. The lowest BCUT2D eigenvalue weighted by atomic mass is 10.0. The Bertz CT molecular complexity index is 1250. The zero-order valence-corrected chi connectivity index (χ0v) is 36.1. The molecule has 0 N–H and O–H groups in total. The molecule has 0 bridgehead atoms. The van der Waals surface area contributed by atoms with Crippen LogP contribution >= 0.6 is 0 Å². The predicted octanol–water partition coefficient (Wildman–Crippen LogP) is 15.0. The lowest BCUT2D eigenvalue weighted by molar-refractivity contribution is -0.161. The molecule has 2 rings (SSSR count). The van der Waals surface area contributed by atoms with E-state index in [0.717, 1.165) is 49.3 Å². The molecule has 0 saturated carbocycles. The molecule has 0 aliphatic carbocycles. The lowest BCUT2D eigenvalue weighted by Gasteiger charge is -2.18. The molecule has 0 amide bonds. The number of benzene rings is 2. The summed E-state index contributed by atoms with van der Waals surface area (Å²) >= 11 is 0. The Morgan fingerprint density at radius 1 is 0.429 bits per heavy atom. The van der Waals surface area contributed by atoms with Gasteiger partial charge in [0.2, 0.25) is 0 Å². The third-order valence-electron chi connectivity index (χ3n) is 11.1. The second-order valence-electron chi connectivity index (χ2n) is 16.3. The van der Waals surface area contributed by atoms with Gasteiger partial charge in [-0.25, -0.2) is 4.79 Å². The molecule has 6 nitrogen and oxygen atoms in total. The molecule has 2 aromatic rings. The molecule has 0 fully saturated rings. The van der Waals surface area contributed by atoms with Gasteiger partial charge in [0, 0.05) is 12.8 Å². The van der Waals surface area contributed by atoms with Crippen molar-refractivity contribution in [3.05, 3.63) is 48.0 Å². The molecule has 0 heterocycles. The van der Waals surface area contributed by atoms with Gasteiger partial charge in [-0.15, -0.1) is 0 Å². The fraction of sp³-hybridized carbons (Fsp3) is 0.740. The van der Waals surface area contributed by atoms with Crippen LogP contribution in [0.1, 0.15) is 230 Å². The Morgan fingerprint density at radius 3 is 1.27 bits per heavy atom. The van der Waals surface area contributed by atoms with Gasteiger partial charge in [0.1, 0.15) is 13.2 Å². The van der Waals surface area contributed by atoms with E-state index in [2.05, 4.69) is 13.8 Å². The summed E-state index contributed by atoms with van der Waals surface area (Å²) in [6.45, 7) is 4.25. The van der Waals surface area contributed by atoms with E-state index in [1.165, 1.54) is 154 Å². The Hall–Kier alpha value is -2.89. The van der Waals surface area contributed by atoms with Gasteiger partial charge in [-0.3, -0.25) is 9.59 Å². The maximum atomic E-state index is 13.1. The van der Waals surface area contributed by atoms with Crippen LogP contribution in [-0.2, 0) is 23.8 Å². The molecule has 0 radical (unpaired) electrons. The lowest BCUT2D eigenvalue weighted by Crippen LogP contribution is -2.31. The van der Waals surface area contributed by atoms with E-state index in [1.54, 1.807) is 6.07 Å². The smallest absolute Gasteiger partial charge is 0.338 e. The van der Waals surface area contributed by atoms with Crippen LogP contribution in [0, 0.1) is 0 Å². The predicted molar refractivity (Wildman–Crippen MR) is 234 cm³/mol. The van der Waals surface area contributed by atoms with E-state index in [0.29, 0.717) is 18.4 Å². The molecule has 0 aliphatic rings. The molecular formula is C50H82O6. The van der Waals surface area contributed by atoms with Gasteiger partial charge >= 0.3 is 17.9 Å². The number of esters is 3. The van der Waals surface area contributed by atoms with Crippen molar-refractivity contribution in [1.29, 1.82) is 0 Å². The Morgan fingerprint density at radius 2 is 0.804 bits per heavy atom. The number of fused-ring (bicyclic) bond motifs is 1. The quantitative estimate of drug-likeness (QED) is 0.0384. The zero-order valence-electron chi connectivity index (χ0n) is 36.1. The van der Waals surface area contributed by atoms with Gasteiger partial charge in [-0.05, 0) is 29.7 Å². The normalized spacial score (nSPS) is 11.8. The van der Waals surface area contributed by atoms with E-state index >= 15 is 0 Å². The van der Waals surface area contributed by atoms with Gasteiger partial charge in [-0.1, -0.05) is 230 Å². The number of unbranched alkanes of at least 4 members (excludes halogenated alkanes) is 28. The minimum absolute atomic E-state index is 0.120. The van der Waals surface area contributed by atoms with Crippen LogP contribution in [0.3, 0.4) is 0 Å². The van der Waals surface area contributed by atoms with Crippen LogP contribution in [0.4, 0.5) is 0 Å². The average Bonchev–Trinajstić information content (AvgIpc) is 3.21. The Balaban J connectivity index is 1.63. The number of rotatable bonds is 38. The number of ether oxygens (including phenoxy) is 3. The highest BCUT2D eigenvalue weighted by Crippen LogP contribution is 2.20. The van der Waals surface area contributed by atoms with Crippen molar-refractivity contribution in [2.45, 2.75) is 225 Å². The fourth-order valence-corrected chi connectivity index (χ4v) is 7.55. The molecule has 2 aromatic carbocycles. The van der Waals surface area contributed by atoms with Crippen molar-refractivity contribution < 1.29 is 28.6 Å². The van der Waals surface area contributed by atoms with E-state index in [1.807, 2.05) is 36.4 Å². The Labute approximate surface area is 343 Å². The highest BCUT2D eigenvalue weighted by atomic mass is 16.6. The van der Waals surface area contributed by atoms with Crippen molar-refractivity contribution >= 4 is 28.7 Å². The molecule has 0 spiro atoms. The standard InChI is InChI=1S/C50H82O6/c1-3-5-7-9-11-13-15-17-19-21-23-25-27-29-31-40-48(51)54-42-45(43-55-50(53)47-39-35-37-44-36-33-34-38-46(44)47)56-49(52)41-32-30-28-26-24-22-20-18-16-14-12-10-8-6-4-2/h33-39,45H,3-32,40-43H2,1-2H3. The van der Waals surface area contributed by atoms with Crippen molar-refractivity contribution in [3.8, 4) is 0 Å². The second-order valence-corrected chi connectivity index (χ2v) is 16.3. The first kappa shape index (κ1) is 49.3. The third-order valence-corrected chi connectivity index (χ3v) is 11.1. The summed E-state index contributed by atoms with van der Waals surface area (Å²) in [6.07, 6.45) is 37.8. The molecule has 1 atom stereocenters. The number of hydrogen-bond acceptors (Lipinski definition) is 6. The topological polar surface area (TPSA) is 78.9 Å². The highest BCUT2D eigenvalue weighted by Gasteiger charge is 2.21. The molecule has 318 valence electrons. The van der Waals surface area contributed by atoms with E-state index in [4.69, 9.17) is 14.2 Å². The third kappa shape index (κ3) is 26.1. The van der Waals surface area contributed by atoms with Gasteiger partial charge in [-0.2, -0.15) is 0 Å². The SMILES string of the molecule is CCCCCCCCCCCCCCCCCC(=O)OCC(COC(=O)c1cccc2ccccc12)OC(=O)CCCCCCCCCCCCCCCCC. The molecule has 0 aliphatic heterocycles. The molecule has 0 saturated heterocycles. The van der Waals surface area contributed by atoms with Gasteiger partial charge in [0.15, 0.2) is 6.10 Å². The molecule has 0 aromatic heterocycles. The van der Waals surface area contributed by atoms with Crippen LogP contribution in [0.2, 0.25) is 0 Å². The minimum atomic E-state index is -0.845. The van der Waals surface area contributed by atoms with Crippen molar-refractivity contribution in [1.82, 2.24) is 0 Å². The van der Waals surface area contributed by atoms with Crippen molar-refractivity contribution in [2.75, 3.05) is 13.2 Å². The molecule has 6 heteroatoms. The van der Waals surface area contributed by atoms with E-state index in [-0.39, 0.29) is 25.2 Å². The summed E-state index contributed by atoms with van der Waals surface area (Å²) < 4.78 is 16.9. The summed E-state index contributed by atoms with van der Waals surface area (Å²) in [6, 6.07) is 13.2. The summed E-state index contributed by atoms with van der Waals surface area (Å²) in [5, 5.41) is 1.75. The average molecular weight is 779 g/mol. The largest absolute Gasteiger partial charge is 0.462 e. The maximum Gasteiger partial charge on any atom is 0.338 e. The van der Waals surface area contributed by atoms with E-state index < -0.39 is 12.1 Å².